The van der Waals surface area contributed by atoms with Crippen molar-refractivity contribution in [3.05, 3.63) is 71.3 Å². The average molecular weight is 436 g/mol. The van der Waals surface area contributed by atoms with Crippen LogP contribution in [-0.4, -0.2) is 51.4 Å². The molecule has 3 heterocycles. The molecule has 3 aromatic rings. The second-order valence-electron chi connectivity index (χ2n) is 7.52. The maximum absolute atomic E-state index is 13.2. The van der Waals surface area contributed by atoms with Crippen molar-refractivity contribution in [3.8, 4) is 11.4 Å². The minimum absolute atomic E-state index is 0.145. The molecule has 0 saturated carbocycles. The van der Waals surface area contributed by atoms with Crippen LogP contribution in [0.2, 0.25) is 0 Å². The molecule has 4 amide bonds. The third kappa shape index (κ3) is 3.06. The SMILES string of the molecule is COc1ccc2c(c1)C(=O)N(C[C@@]1(c3cn(-c4ccc(F)cc4)nn3)NC(=O)NC1=O)C2. The highest BCUT2D eigenvalue weighted by molar-refractivity contribution is 6.08. The molecule has 1 fully saturated rings. The van der Waals surface area contributed by atoms with Gasteiger partial charge in [0.05, 0.1) is 25.5 Å². The van der Waals surface area contributed by atoms with E-state index in [0.29, 0.717) is 17.0 Å². The molecule has 2 aliphatic rings. The van der Waals surface area contributed by atoms with Gasteiger partial charge < -0.3 is 15.0 Å². The van der Waals surface area contributed by atoms with E-state index in [0.717, 1.165) is 5.56 Å². The van der Waals surface area contributed by atoms with Crippen LogP contribution >= 0.6 is 0 Å². The molecule has 32 heavy (non-hydrogen) atoms. The maximum atomic E-state index is 13.2. The molecule has 5 rings (SSSR count). The molecule has 0 aliphatic carbocycles. The van der Waals surface area contributed by atoms with Crippen molar-refractivity contribution >= 4 is 17.8 Å². The van der Waals surface area contributed by atoms with E-state index in [4.69, 9.17) is 4.74 Å². The van der Waals surface area contributed by atoms with Crippen LogP contribution in [0.15, 0.2) is 48.7 Å². The molecular weight excluding hydrogens is 419 g/mol. The van der Waals surface area contributed by atoms with Crippen molar-refractivity contribution in [2.45, 2.75) is 12.1 Å². The fourth-order valence-electron chi connectivity index (χ4n) is 3.92. The quantitative estimate of drug-likeness (QED) is 0.579. The van der Waals surface area contributed by atoms with Gasteiger partial charge in [-0.05, 0) is 42.0 Å². The number of hydrogen-bond donors (Lipinski definition) is 2. The number of methoxy groups -OCH3 is 1. The zero-order valence-electron chi connectivity index (χ0n) is 16.8. The Morgan fingerprint density at radius 3 is 2.62 bits per heavy atom. The van der Waals surface area contributed by atoms with Crippen LogP contribution < -0.4 is 15.4 Å². The van der Waals surface area contributed by atoms with Gasteiger partial charge in [-0.1, -0.05) is 11.3 Å². The van der Waals surface area contributed by atoms with E-state index in [1.165, 1.54) is 47.2 Å². The zero-order valence-corrected chi connectivity index (χ0v) is 16.8. The van der Waals surface area contributed by atoms with Crippen LogP contribution in [0, 0.1) is 5.82 Å². The van der Waals surface area contributed by atoms with E-state index >= 15 is 0 Å². The lowest BCUT2D eigenvalue weighted by atomic mass is 9.95. The lowest BCUT2D eigenvalue weighted by Crippen LogP contribution is -2.53. The van der Waals surface area contributed by atoms with Gasteiger partial charge in [0.2, 0.25) is 0 Å². The van der Waals surface area contributed by atoms with E-state index in [2.05, 4.69) is 20.9 Å². The Hall–Kier alpha value is -4.28. The van der Waals surface area contributed by atoms with Crippen LogP contribution in [-0.2, 0) is 16.9 Å². The first kappa shape index (κ1) is 19.7. The highest BCUT2D eigenvalue weighted by Gasteiger charge is 2.52. The summed E-state index contributed by atoms with van der Waals surface area (Å²) in [6.07, 6.45) is 1.47. The Bertz CT molecular complexity index is 1260. The van der Waals surface area contributed by atoms with Crippen LogP contribution in [0.3, 0.4) is 0 Å². The molecule has 1 atom stereocenters. The van der Waals surface area contributed by atoms with Crippen LogP contribution in [0.5, 0.6) is 5.75 Å². The summed E-state index contributed by atoms with van der Waals surface area (Å²) in [5.41, 5.74) is 0.287. The fourth-order valence-corrected chi connectivity index (χ4v) is 3.92. The molecular formula is C21H17FN6O4. The summed E-state index contributed by atoms with van der Waals surface area (Å²) in [7, 11) is 1.51. The first-order valence-corrected chi connectivity index (χ1v) is 9.68. The summed E-state index contributed by atoms with van der Waals surface area (Å²) in [6.45, 7) is 0.109. The summed E-state index contributed by atoms with van der Waals surface area (Å²) in [5, 5.41) is 12.9. The lowest BCUT2D eigenvalue weighted by molar-refractivity contribution is -0.125. The lowest BCUT2D eigenvalue weighted by Gasteiger charge is -2.28. The van der Waals surface area contributed by atoms with Gasteiger partial charge in [0.15, 0.2) is 5.54 Å². The molecule has 2 aromatic carbocycles. The van der Waals surface area contributed by atoms with E-state index in [9.17, 15) is 18.8 Å². The number of amides is 4. The number of fused-ring (bicyclic) bond motifs is 1. The van der Waals surface area contributed by atoms with Gasteiger partial charge in [0.1, 0.15) is 17.3 Å². The van der Waals surface area contributed by atoms with Gasteiger partial charge in [0, 0.05) is 12.1 Å². The average Bonchev–Trinajstić information content (AvgIpc) is 3.46. The topological polar surface area (TPSA) is 118 Å². The molecule has 0 radical (unpaired) electrons. The number of rotatable bonds is 5. The number of imide groups is 1. The number of urea groups is 1. The number of halogens is 1. The van der Waals surface area contributed by atoms with Crippen molar-refractivity contribution < 1.29 is 23.5 Å². The van der Waals surface area contributed by atoms with Crippen molar-refractivity contribution in [2.75, 3.05) is 13.7 Å². The third-order valence-corrected chi connectivity index (χ3v) is 5.59. The molecule has 0 bridgehead atoms. The minimum Gasteiger partial charge on any atom is -0.497 e. The standard InChI is InChI=1S/C21H17FN6O4/c1-32-15-7-2-12-9-27(18(29)16(12)8-15)11-21(19(30)23-20(31)24-21)17-10-28(26-25-17)14-5-3-13(22)4-6-14/h2-8,10H,9,11H2,1H3,(H2,23,24,30,31)/t21-/m0/s1. The molecule has 0 spiro atoms. The summed E-state index contributed by atoms with van der Waals surface area (Å²) < 4.78 is 19.8. The Labute approximate surface area is 181 Å². The molecule has 162 valence electrons. The number of hydrogen-bond acceptors (Lipinski definition) is 6. The molecule has 11 heteroatoms. The maximum Gasteiger partial charge on any atom is 0.322 e. The fraction of sp³-hybridized carbons (Fsp3) is 0.190. The summed E-state index contributed by atoms with van der Waals surface area (Å²) in [6, 6.07) is 10.0. The third-order valence-electron chi connectivity index (χ3n) is 5.59. The number of nitrogens with zero attached hydrogens (tertiary/aromatic N) is 4. The highest BCUT2D eigenvalue weighted by atomic mass is 19.1. The predicted molar refractivity (Wildman–Crippen MR) is 107 cm³/mol. The van der Waals surface area contributed by atoms with E-state index < -0.39 is 23.3 Å². The molecule has 1 saturated heterocycles. The summed E-state index contributed by atoms with van der Waals surface area (Å²) in [4.78, 5) is 39.4. The minimum atomic E-state index is -1.63. The van der Waals surface area contributed by atoms with Gasteiger partial charge in [-0.25, -0.2) is 13.9 Å². The number of aromatic nitrogens is 3. The van der Waals surface area contributed by atoms with E-state index in [1.807, 2.05) is 0 Å². The molecule has 10 nitrogen and oxygen atoms in total. The normalized spacial score (nSPS) is 19.7. The van der Waals surface area contributed by atoms with Gasteiger partial charge in [-0.15, -0.1) is 5.10 Å². The number of carbonyl (C=O) groups is 3. The number of carbonyl (C=O) groups excluding carboxylic acids is 3. The van der Waals surface area contributed by atoms with Crippen LogP contribution in [0.1, 0.15) is 21.6 Å². The van der Waals surface area contributed by atoms with Crippen LogP contribution in [0.4, 0.5) is 9.18 Å². The first-order chi connectivity index (χ1) is 15.4. The first-order valence-electron chi connectivity index (χ1n) is 9.68. The molecule has 0 unspecified atom stereocenters. The smallest absolute Gasteiger partial charge is 0.322 e. The van der Waals surface area contributed by atoms with Gasteiger partial charge in [-0.3, -0.25) is 14.9 Å². The summed E-state index contributed by atoms with van der Waals surface area (Å²) in [5.74, 6) is -0.798. The zero-order chi connectivity index (χ0) is 22.5. The van der Waals surface area contributed by atoms with Gasteiger partial charge in [0.25, 0.3) is 11.8 Å². The van der Waals surface area contributed by atoms with Crippen molar-refractivity contribution in [2.24, 2.45) is 0 Å². The largest absolute Gasteiger partial charge is 0.497 e. The Kier molecular flexibility index (Phi) is 4.40. The van der Waals surface area contributed by atoms with E-state index in [-0.39, 0.29) is 24.7 Å². The summed E-state index contributed by atoms with van der Waals surface area (Å²) >= 11 is 0. The molecule has 1 aromatic heterocycles. The molecule has 2 aliphatic heterocycles. The Morgan fingerprint density at radius 2 is 1.94 bits per heavy atom. The second kappa shape index (κ2) is 7.15. The Morgan fingerprint density at radius 1 is 1.16 bits per heavy atom. The predicted octanol–water partition coefficient (Wildman–Crippen LogP) is 1.11. The van der Waals surface area contributed by atoms with Gasteiger partial charge in [-0.2, -0.15) is 0 Å². The monoisotopic (exact) mass is 436 g/mol. The van der Waals surface area contributed by atoms with Crippen molar-refractivity contribution in [1.29, 1.82) is 0 Å². The molecule has 2 N–H and O–H groups in total. The number of nitrogens with one attached hydrogen (secondary N) is 2. The number of ether oxygens (including phenoxy) is 1. The van der Waals surface area contributed by atoms with Crippen molar-refractivity contribution in [1.82, 2.24) is 30.5 Å². The second-order valence-corrected chi connectivity index (χ2v) is 7.52. The number of benzene rings is 2. The highest BCUT2D eigenvalue weighted by Crippen LogP contribution is 2.31. The van der Waals surface area contributed by atoms with Gasteiger partial charge >= 0.3 is 6.03 Å². The Balaban J connectivity index is 1.49. The van der Waals surface area contributed by atoms with Crippen molar-refractivity contribution in [3.63, 3.8) is 0 Å². The van der Waals surface area contributed by atoms with E-state index in [1.54, 1.807) is 18.2 Å². The van der Waals surface area contributed by atoms with Crippen LogP contribution in [0.25, 0.3) is 5.69 Å².